The van der Waals surface area contributed by atoms with Crippen molar-refractivity contribution in [1.82, 2.24) is 14.8 Å². The van der Waals surface area contributed by atoms with Crippen LogP contribution in [0.3, 0.4) is 0 Å². The number of hydrogen-bond donors (Lipinski definition) is 1. The van der Waals surface area contributed by atoms with E-state index in [0.29, 0.717) is 23.3 Å². The van der Waals surface area contributed by atoms with Crippen LogP contribution in [0.25, 0.3) is 0 Å². The standard InChI is InChI=1S/C23H21FN4OS/c1-14-8-10-16(11-9-14)21-20-18(6-3-7-19(20)29)25-22-26-23(27-28(21)22)30-13-15-4-2-5-17(24)12-15/h2,4-5,8-12,21H,3,6-7,13H2,1H3,(H,25,26,27)/t21-/m0/s1. The quantitative estimate of drug-likeness (QED) is 0.599. The molecule has 0 radical (unpaired) electrons. The topological polar surface area (TPSA) is 59.8 Å². The Morgan fingerprint density at radius 2 is 2.03 bits per heavy atom. The Balaban J connectivity index is 1.50. The minimum Gasteiger partial charge on any atom is -0.328 e. The number of rotatable bonds is 4. The van der Waals surface area contributed by atoms with Crippen LogP contribution in [0.5, 0.6) is 0 Å². The van der Waals surface area contributed by atoms with Crippen molar-refractivity contribution < 1.29 is 9.18 Å². The molecule has 30 heavy (non-hydrogen) atoms. The summed E-state index contributed by atoms with van der Waals surface area (Å²) in [6, 6.07) is 14.5. The summed E-state index contributed by atoms with van der Waals surface area (Å²) in [4.78, 5) is 17.5. The first kappa shape index (κ1) is 19.1. The molecule has 0 fully saturated rings. The number of thioether (sulfide) groups is 1. The number of fused-ring (bicyclic) bond motifs is 1. The second kappa shape index (κ2) is 7.72. The highest BCUT2D eigenvalue weighted by Crippen LogP contribution is 2.40. The highest BCUT2D eigenvalue weighted by Gasteiger charge is 2.36. The summed E-state index contributed by atoms with van der Waals surface area (Å²) < 4.78 is 15.3. The van der Waals surface area contributed by atoms with Gasteiger partial charge in [-0.1, -0.05) is 53.7 Å². The molecule has 0 saturated carbocycles. The van der Waals surface area contributed by atoms with Gasteiger partial charge in [-0.25, -0.2) is 9.07 Å². The average Bonchev–Trinajstić information content (AvgIpc) is 3.14. The molecule has 2 heterocycles. The summed E-state index contributed by atoms with van der Waals surface area (Å²) in [6.45, 7) is 2.05. The number of nitrogens with one attached hydrogen (secondary N) is 1. The van der Waals surface area contributed by atoms with Gasteiger partial charge >= 0.3 is 0 Å². The number of aromatic nitrogens is 3. The number of benzene rings is 2. The van der Waals surface area contributed by atoms with Crippen LogP contribution in [0.4, 0.5) is 10.3 Å². The zero-order valence-electron chi connectivity index (χ0n) is 16.6. The van der Waals surface area contributed by atoms with Gasteiger partial charge in [-0.3, -0.25) is 4.79 Å². The summed E-state index contributed by atoms with van der Waals surface area (Å²) in [6.07, 6.45) is 2.25. The average molecular weight is 421 g/mol. The minimum atomic E-state index is -0.277. The van der Waals surface area contributed by atoms with Gasteiger partial charge in [-0.15, -0.1) is 5.10 Å². The predicted molar refractivity (Wildman–Crippen MR) is 115 cm³/mol. The van der Waals surface area contributed by atoms with Crippen LogP contribution in [-0.2, 0) is 10.5 Å². The van der Waals surface area contributed by atoms with Crippen molar-refractivity contribution in [3.63, 3.8) is 0 Å². The summed E-state index contributed by atoms with van der Waals surface area (Å²) in [5, 5.41) is 8.67. The van der Waals surface area contributed by atoms with E-state index in [-0.39, 0.29) is 17.6 Å². The third kappa shape index (κ3) is 3.54. The number of hydrogen-bond acceptors (Lipinski definition) is 5. The van der Waals surface area contributed by atoms with Gasteiger partial charge < -0.3 is 5.32 Å². The molecule has 1 N–H and O–H groups in total. The Morgan fingerprint density at radius 1 is 1.20 bits per heavy atom. The molecule has 3 aromatic rings. The second-order valence-corrected chi connectivity index (χ2v) is 8.63. The molecule has 0 unspecified atom stereocenters. The zero-order valence-corrected chi connectivity index (χ0v) is 17.4. The minimum absolute atomic E-state index is 0.171. The number of halogens is 1. The highest BCUT2D eigenvalue weighted by atomic mass is 32.2. The maximum absolute atomic E-state index is 13.5. The molecule has 2 aromatic carbocycles. The Kier molecular flexibility index (Phi) is 4.90. The van der Waals surface area contributed by atoms with Gasteiger partial charge in [0.15, 0.2) is 5.78 Å². The predicted octanol–water partition coefficient (Wildman–Crippen LogP) is 5.04. The maximum Gasteiger partial charge on any atom is 0.227 e. The van der Waals surface area contributed by atoms with Crippen molar-refractivity contribution in [3.8, 4) is 0 Å². The Hall–Kier alpha value is -2.93. The number of Topliss-reactive ketones (excluding diaryl/α,β-unsaturated/α-hetero) is 1. The largest absolute Gasteiger partial charge is 0.328 e. The molecule has 5 nitrogen and oxygen atoms in total. The van der Waals surface area contributed by atoms with Gasteiger partial charge in [0, 0.05) is 23.4 Å². The van der Waals surface area contributed by atoms with Crippen LogP contribution < -0.4 is 5.32 Å². The molecule has 1 atom stereocenters. The maximum atomic E-state index is 13.5. The van der Waals surface area contributed by atoms with Gasteiger partial charge in [0.2, 0.25) is 11.1 Å². The summed E-state index contributed by atoms with van der Waals surface area (Å²) >= 11 is 1.46. The molecule has 0 bridgehead atoms. The first-order valence-corrected chi connectivity index (χ1v) is 11.0. The number of anilines is 1. The summed E-state index contributed by atoms with van der Waals surface area (Å²) in [5.74, 6) is 1.14. The lowest BCUT2D eigenvalue weighted by atomic mass is 9.85. The first-order valence-electron chi connectivity index (χ1n) is 10.0. The van der Waals surface area contributed by atoms with Crippen molar-refractivity contribution in [2.24, 2.45) is 0 Å². The van der Waals surface area contributed by atoms with Crippen LogP contribution in [0.15, 0.2) is 65.0 Å². The molecule has 2 aliphatic rings. The van der Waals surface area contributed by atoms with Crippen LogP contribution >= 0.6 is 11.8 Å². The van der Waals surface area contributed by atoms with Gasteiger partial charge in [0.1, 0.15) is 11.9 Å². The van der Waals surface area contributed by atoms with Crippen molar-refractivity contribution in [1.29, 1.82) is 0 Å². The molecular formula is C23H21FN4OS. The summed E-state index contributed by atoms with van der Waals surface area (Å²) in [5.41, 5.74) is 4.82. The van der Waals surface area contributed by atoms with E-state index in [4.69, 9.17) is 5.10 Å². The fourth-order valence-electron chi connectivity index (χ4n) is 4.03. The van der Waals surface area contributed by atoms with E-state index in [1.165, 1.54) is 29.5 Å². The Labute approximate surface area is 178 Å². The molecule has 1 aliphatic carbocycles. The molecule has 7 heteroatoms. The Morgan fingerprint density at radius 3 is 2.83 bits per heavy atom. The monoisotopic (exact) mass is 420 g/mol. The third-order valence-electron chi connectivity index (χ3n) is 5.50. The normalized spacial score (nSPS) is 18.1. The lowest BCUT2D eigenvalue weighted by Crippen LogP contribution is -2.31. The molecule has 0 spiro atoms. The van der Waals surface area contributed by atoms with Crippen molar-refractivity contribution >= 4 is 23.5 Å². The van der Waals surface area contributed by atoms with Crippen LogP contribution in [0.1, 0.15) is 42.0 Å². The first-order chi connectivity index (χ1) is 14.6. The van der Waals surface area contributed by atoms with Crippen LogP contribution in [0.2, 0.25) is 0 Å². The molecule has 0 saturated heterocycles. The number of aryl methyl sites for hydroxylation is 1. The van der Waals surface area contributed by atoms with Crippen LogP contribution in [-0.4, -0.2) is 20.5 Å². The smallest absolute Gasteiger partial charge is 0.227 e. The van der Waals surface area contributed by atoms with Crippen molar-refractivity contribution in [3.05, 3.63) is 82.3 Å². The van der Waals surface area contributed by atoms with E-state index >= 15 is 0 Å². The molecule has 1 aliphatic heterocycles. The number of carbonyl (C=O) groups is 1. The fraction of sp³-hybridized carbons (Fsp3) is 0.261. The van der Waals surface area contributed by atoms with E-state index in [1.54, 1.807) is 6.07 Å². The SMILES string of the molecule is Cc1ccc([C@H]2C3=C(CCCC3=O)Nc3nc(SCc4cccc(F)c4)nn32)cc1. The van der Waals surface area contributed by atoms with E-state index in [2.05, 4.69) is 34.6 Å². The molecule has 5 rings (SSSR count). The zero-order chi connectivity index (χ0) is 20.7. The molecular weight excluding hydrogens is 399 g/mol. The van der Waals surface area contributed by atoms with Crippen molar-refractivity contribution in [2.75, 3.05) is 5.32 Å². The van der Waals surface area contributed by atoms with E-state index < -0.39 is 0 Å². The van der Waals surface area contributed by atoms with Gasteiger partial charge in [-0.2, -0.15) is 4.98 Å². The highest BCUT2D eigenvalue weighted by molar-refractivity contribution is 7.98. The number of carbonyl (C=O) groups excluding carboxylic acids is 1. The van der Waals surface area contributed by atoms with Gasteiger partial charge in [-0.05, 0) is 43.0 Å². The lowest BCUT2D eigenvalue weighted by Gasteiger charge is -2.32. The van der Waals surface area contributed by atoms with E-state index in [1.807, 2.05) is 17.7 Å². The summed E-state index contributed by atoms with van der Waals surface area (Å²) in [7, 11) is 0. The Bertz CT molecular complexity index is 1150. The fourth-order valence-corrected chi connectivity index (χ4v) is 4.80. The van der Waals surface area contributed by atoms with Crippen molar-refractivity contribution in [2.45, 2.75) is 43.1 Å². The van der Waals surface area contributed by atoms with E-state index in [0.717, 1.165) is 35.2 Å². The third-order valence-corrected chi connectivity index (χ3v) is 6.41. The number of allylic oxidation sites excluding steroid dienone is 2. The van der Waals surface area contributed by atoms with Crippen LogP contribution in [0, 0.1) is 12.7 Å². The van der Waals surface area contributed by atoms with Gasteiger partial charge in [0.05, 0.1) is 0 Å². The molecule has 1 aromatic heterocycles. The van der Waals surface area contributed by atoms with Gasteiger partial charge in [0.25, 0.3) is 0 Å². The molecule has 152 valence electrons. The second-order valence-electron chi connectivity index (χ2n) is 7.69. The molecule has 0 amide bonds. The number of ketones is 1. The lowest BCUT2D eigenvalue weighted by molar-refractivity contribution is -0.116. The number of nitrogens with zero attached hydrogens (tertiary/aromatic N) is 3. The van der Waals surface area contributed by atoms with E-state index in [9.17, 15) is 9.18 Å².